The van der Waals surface area contributed by atoms with E-state index in [2.05, 4.69) is 269 Å². The standard InChI is InChI=1S/C75H58FN4O.Pt/c1-73(2,3)51-32-34-52(35-33-51)75(65-28-15-13-26-59(65)60-38-36-55(76)45-66(60)75)53-40-41-77-71(44-53)80-67-29-16-14-27-61(67)62-39-37-58(47-70(62)80)81-57-25-19-24-56(46-57)78-48-79(69-31-18-17-30-68(69)78)72-63(49-20-9-7-10-21-49)42-54(74(4,5)6)43-64(72)50-22-11-8-12-23-50;/h7-45,48H,1-6H3;/q-3;. The van der Waals surface area contributed by atoms with E-state index < -0.39 is 5.41 Å². The normalized spacial score (nSPS) is 14.6. The second-order valence-corrected chi connectivity index (χ2v) is 23.4. The zero-order valence-electron chi connectivity index (χ0n) is 46.5. The Morgan fingerprint density at radius 1 is 0.488 bits per heavy atom. The van der Waals surface area contributed by atoms with Gasteiger partial charge < -0.3 is 19.1 Å². The predicted octanol–water partition coefficient (Wildman–Crippen LogP) is 19.4. The Hall–Kier alpha value is -8.83. The summed E-state index contributed by atoms with van der Waals surface area (Å²) in [6.07, 6.45) is 1.89. The van der Waals surface area contributed by atoms with E-state index in [1.807, 2.05) is 30.5 Å². The van der Waals surface area contributed by atoms with E-state index in [9.17, 15) is 0 Å². The van der Waals surface area contributed by atoms with Crippen molar-refractivity contribution in [1.82, 2.24) is 9.55 Å². The molecule has 12 aromatic rings. The number of anilines is 4. The van der Waals surface area contributed by atoms with Gasteiger partial charge in [0, 0.05) is 72.5 Å². The Morgan fingerprint density at radius 3 is 1.82 bits per heavy atom. The Bertz CT molecular complexity index is 4340. The zero-order chi connectivity index (χ0) is 55.2. The molecule has 1 aliphatic heterocycles. The summed E-state index contributed by atoms with van der Waals surface area (Å²) in [6.45, 7) is 15.7. The number of rotatable bonds is 9. The molecule has 14 rings (SSSR count). The van der Waals surface area contributed by atoms with Crippen molar-refractivity contribution in [1.29, 1.82) is 0 Å². The van der Waals surface area contributed by atoms with Crippen molar-refractivity contribution in [2.75, 3.05) is 9.80 Å². The Labute approximate surface area is 494 Å². The third-order valence-electron chi connectivity index (χ3n) is 16.4. The summed E-state index contributed by atoms with van der Waals surface area (Å²) in [6, 6.07) is 87.6. The first kappa shape index (κ1) is 52.5. The van der Waals surface area contributed by atoms with Crippen LogP contribution in [0.15, 0.2) is 237 Å². The van der Waals surface area contributed by atoms with Crippen LogP contribution in [0.5, 0.6) is 11.5 Å². The van der Waals surface area contributed by atoms with Crippen molar-refractivity contribution in [3.63, 3.8) is 0 Å². The van der Waals surface area contributed by atoms with Crippen LogP contribution in [-0.4, -0.2) is 9.55 Å². The van der Waals surface area contributed by atoms with Crippen LogP contribution in [-0.2, 0) is 37.3 Å². The van der Waals surface area contributed by atoms with Crippen LogP contribution < -0.4 is 14.5 Å². The number of benzene rings is 10. The molecule has 0 N–H and O–H groups in total. The zero-order valence-corrected chi connectivity index (χ0v) is 48.8. The Kier molecular flexibility index (Phi) is 13.0. The number of halogens is 1. The molecular formula is C75H58FN4OPt-3. The smallest absolute Gasteiger partial charge is 0.135 e. The maximum Gasteiger partial charge on any atom is 0.135 e. The first-order valence-electron chi connectivity index (χ1n) is 27.8. The van der Waals surface area contributed by atoms with Crippen LogP contribution >= 0.6 is 0 Å². The molecule has 7 heteroatoms. The van der Waals surface area contributed by atoms with E-state index in [0.717, 1.165) is 100 Å². The van der Waals surface area contributed by atoms with E-state index in [0.29, 0.717) is 17.3 Å². The topological polar surface area (TPSA) is 33.5 Å². The average Bonchev–Trinajstić information content (AvgIpc) is 2.18. The molecule has 0 saturated carbocycles. The van der Waals surface area contributed by atoms with Gasteiger partial charge in [0.1, 0.15) is 11.6 Å². The maximum absolute atomic E-state index is 15.8. The van der Waals surface area contributed by atoms with Crippen molar-refractivity contribution < 1.29 is 30.2 Å². The summed E-state index contributed by atoms with van der Waals surface area (Å²) in [5.41, 5.74) is 18.0. The maximum atomic E-state index is 15.8. The fourth-order valence-electron chi connectivity index (χ4n) is 12.4. The van der Waals surface area contributed by atoms with Crippen LogP contribution in [0, 0.1) is 24.6 Å². The molecule has 2 aliphatic rings. The number of hydrogen-bond acceptors (Lipinski definition) is 4. The minimum absolute atomic E-state index is 0. The van der Waals surface area contributed by atoms with Crippen LogP contribution in [0.2, 0.25) is 0 Å². The number of ether oxygens (including phenoxy) is 1. The summed E-state index contributed by atoms with van der Waals surface area (Å²) in [7, 11) is 0. The van der Waals surface area contributed by atoms with Crippen molar-refractivity contribution in [3.8, 4) is 50.7 Å². The molecule has 404 valence electrons. The minimum atomic E-state index is -0.852. The van der Waals surface area contributed by atoms with Crippen LogP contribution in [0.25, 0.3) is 61.0 Å². The summed E-state index contributed by atoms with van der Waals surface area (Å²) in [4.78, 5) is 9.68. The van der Waals surface area contributed by atoms with Crippen molar-refractivity contribution >= 4 is 44.6 Å². The van der Waals surface area contributed by atoms with Gasteiger partial charge >= 0.3 is 0 Å². The summed E-state index contributed by atoms with van der Waals surface area (Å²) >= 11 is 0. The monoisotopic (exact) mass is 1240 g/mol. The third-order valence-corrected chi connectivity index (χ3v) is 16.4. The van der Waals surface area contributed by atoms with Gasteiger partial charge in [0.25, 0.3) is 0 Å². The fourth-order valence-corrected chi connectivity index (χ4v) is 12.4. The van der Waals surface area contributed by atoms with Crippen molar-refractivity contribution in [2.24, 2.45) is 0 Å². The summed E-state index contributed by atoms with van der Waals surface area (Å²) < 4.78 is 24.8. The SMILES string of the molecule is CC(C)(C)c1ccc(C2(c3ccnc(-n4c5[c-]c(Oc6[c-]c(N7[CH-]N(c8c(-c9ccccc9)cc(C(C)(C)C)cc8-c8ccccc8)c8ccccc87)ccc6)ccc5c5ccccc54)c3)c3ccccc3-c3ccc(F)cc32)cc1.[Pt]. The molecule has 0 amide bonds. The molecule has 82 heavy (non-hydrogen) atoms. The molecule has 5 nitrogen and oxygen atoms in total. The first-order valence-corrected chi connectivity index (χ1v) is 27.8. The van der Waals surface area contributed by atoms with Crippen molar-refractivity contribution in [2.45, 2.75) is 57.8 Å². The second kappa shape index (κ2) is 20.3. The van der Waals surface area contributed by atoms with Gasteiger partial charge in [-0.05, 0) is 126 Å². The summed E-state index contributed by atoms with van der Waals surface area (Å²) in [5, 5.41) is 2.08. The van der Waals surface area contributed by atoms with Gasteiger partial charge in [-0.1, -0.05) is 193 Å². The Balaban J connectivity index is 0.00000631. The molecule has 2 aromatic heterocycles. The molecule has 1 atom stereocenters. The molecule has 0 radical (unpaired) electrons. The van der Waals surface area contributed by atoms with Gasteiger partial charge in [0.05, 0.1) is 5.41 Å². The number of aromatic nitrogens is 2. The Morgan fingerprint density at radius 2 is 1.11 bits per heavy atom. The molecular weight excluding hydrogens is 1190 g/mol. The number of fused-ring (bicyclic) bond motifs is 7. The number of hydrogen-bond donors (Lipinski definition) is 0. The van der Waals surface area contributed by atoms with E-state index in [4.69, 9.17) is 9.72 Å². The van der Waals surface area contributed by atoms with Crippen LogP contribution in [0.4, 0.5) is 27.1 Å². The van der Waals surface area contributed by atoms with Gasteiger partial charge in [-0.25, -0.2) is 9.37 Å². The van der Waals surface area contributed by atoms with Crippen LogP contribution in [0.1, 0.15) is 74.9 Å². The molecule has 1 unspecified atom stereocenters. The van der Waals surface area contributed by atoms with Gasteiger partial charge in [0.15, 0.2) is 0 Å². The molecule has 3 heterocycles. The second-order valence-electron chi connectivity index (χ2n) is 23.4. The number of pyridine rings is 1. The predicted molar refractivity (Wildman–Crippen MR) is 330 cm³/mol. The number of nitrogens with zero attached hydrogens (tertiary/aromatic N) is 4. The molecule has 0 bridgehead atoms. The van der Waals surface area contributed by atoms with E-state index in [1.54, 1.807) is 12.1 Å². The van der Waals surface area contributed by atoms with E-state index in [-0.39, 0.29) is 37.7 Å². The molecule has 10 aromatic carbocycles. The third kappa shape index (κ3) is 8.75. The molecule has 0 saturated heterocycles. The van der Waals surface area contributed by atoms with E-state index >= 15 is 4.39 Å². The first-order chi connectivity index (χ1) is 39.3. The van der Waals surface area contributed by atoms with Gasteiger partial charge in [0.2, 0.25) is 0 Å². The van der Waals surface area contributed by atoms with Gasteiger partial charge in [-0.3, -0.25) is 0 Å². The van der Waals surface area contributed by atoms with Crippen LogP contribution in [0.3, 0.4) is 0 Å². The molecule has 0 fully saturated rings. The number of para-hydroxylation sites is 3. The minimum Gasteiger partial charge on any atom is -0.509 e. The largest absolute Gasteiger partial charge is 0.509 e. The average molecular weight is 1250 g/mol. The molecule has 1 aliphatic carbocycles. The summed E-state index contributed by atoms with van der Waals surface area (Å²) in [5.74, 6) is 1.51. The van der Waals surface area contributed by atoms with Gasteiger partial charge in [-0.2, -0.15) is 12.1 Å². The van der Waals surface area contributed by atoms with E-state index in [1.165, 1.54) is 11.1 Å². The van der Waals surface area contributed by atoms with Gasteiger partial charge in [-0.15, -0.1) is 48.1 Å². The van der Waals surface area contributed by atoms with Crippen molar-refractivity contribution in [3.05, 3.63) is 295 Å². The fraction of sp³-hybridized carbons (Fsp3) is 0.120. The quantitative estimate of drug-likeness (QED) is 0.135. The molecule has 0 spiro atoms.